The van der Waals surface area contributed by atoms with Crippen LogP contribution >= 0.6 is 11.8 Å². The summed E-state index contributed by atoms with van der Waals surface area (Å²) < 4.78 is 7.54. The molecule has 0 radical (unpaired) electrons. The first-order chi connectivity index (χ1) is 16.2. The molecule has 3 aromatic carbocycles. The molecule has 1 aliphatic rings. The van der Waals surface area contributed by atoms with Gasteiger partial charge in [-0.2, -0.15) is 0 Å². The maximum atomic E-state index is 12.8. The zero-order valence-electron chi connectivity index (χ0n) is 18.4. The summed E-state index contributed by atoms with van der Waals surface area (Å²) >= 11 is 1.38. The van der Waals surface area contributed by atoms with Crippen LogP contribution in [0.4, 0.5) is 11.6 Å². The van der Waals surface area contributed by atoms with E-state index >= 15 is 0 Å². The molecule has 1 fully saturated rings. The van der Waals surface area contributed by atoms with Crippen LogP contribution in [-0.2, 0) is 9.53 Å². The standard InChI is InChI=1S/C25H25N5O2S/c1-18-6-4-9-20(16-18)30-24(29-12-14-32-15-13-29)27-28-25(30)33-17-23(31)26-22-11-5-8-19-7-2-3-10-21(19)22/h2-11,16H,12-15,17H2,1H3,(H,26,31). The number of morpholine rings is 1. The van der Waals surface area contributed by atoms with Gasteiger partial charge in [0.05, 0.1) is 24.7 Å². The Hall–Kier alpha value is -3.36. The van der Waals surface area contributed by atoms with Crippen molar-refractivity contribution in [3.8, 4) is 5.69 Å². The predicted molar refractivity (Wildman–Crippen MR) is 132 cm³/mol. The lowest BCUT2D eigenvalue weighted by atomic mass is 10.1. The fourth-order valence-electron chi connectivity index (χ4n) is 3.97. The number of benzene rings is 3. The normalized spacial score (nSPS) is 13.9. The minimum absolute atomic E-state index is 0.0805. The van der Waals surface area contributed by atoms with Crippen LogP contribution in [0.3, 0.4) is 0 Å². The number of nitrogens with one attached hydrogen (secondary N) is 1. The Morgan fingerprint density at radius 3 is 2.67 bits per heavy atom. The molecule has 0 aliphatic carbocycles. The van der Waals surface area contributed by atoms with Gasteiger partial charge in [-0.1, -0.05) is 60.3 Å². The Bertz CT molecular complexity index is 1280. The molecule has 1 aliphatic heterocycles. The molecule has 0 atom stereocenters. The van der Waals surface area contributed by atoms with E-state index in [0.717, 1.165) is 46.7 Å². The number of anilines is 2. The molecule has 7 nitrogen and oxygen atoms in total. The lowest BCUT2D eigenvalue weighted by Gasteiger charge is -2.28. The van der Waals surface area contributed by atoms with Crippen molar-refractivity contribution in [3.63, 3.8) is 0 Å². The van der Waals surface area contributed by atoms with Crippen LogP contribution in [0.1, 0.15) is 5.56 Å². The average molecular weight is 460 g/mol. The van der Waals surface area contributed by atoms with Crippen molar-refractivity contribution in [1.82, 2.24) is 14.8 Å². The minimum Gasteiger partial charge on any atom is -0.378 e. The highest BCUT2D eigenvalue weighted by atomic mass is 32.2. The maximum absolute atomic E-state index is 12.8. The summed E-state index contributed by atoms with van der Waals surface area (Å²) in [6, 6.07) is 22.2. The van der Waals surface area contributed by atoms with Crippen LogP contribution in [0.5, 0.6) is 0 Å². The van der Waals surface area contributed by atoms with E-state index in [9.17, 15) is 4.79 Å². The van der Waals surface area contributed by atoms with Gasteiger partial charge in [0, 0.05) is 24.2 Å². The van der Waals surface area contributed by atoms with E-state index < -0.39 is 0 Å². The number of nitrogens with zero attached hydrogens (tertiary/aromatic N) is 4. The molecule has 8 heteroatoms. The first kappa shape index (κ1) is 21.5. The maximum Gasteiger partial charge on any atom is 0.234 e. The molecule has 33 heavy (non-hydrogen) atoms. The Kier molecular flexibility index (Phi) is 6.28. The Labute approximate surface area is 196 Å². The summed E-state index contributed by atoms with van der Waals surface area (Å²) in [5.74, 6) is 0.931. The Morgan fingerprint density at radius 2 is 1.82 bits per heavy atom. The van der Waals surface area contributed by atoms with Gasteiger partial charge in [0.15, 0.2) is 5.16 Å². The fraction of sp³-hybridized carbons (Fsp3) is 0.240. The van der Waals surface area contributed by atoms with Crippen LogP contribution in [-0.4, -0.2) is 52.7 Å². The van der Waals surface area contributed by atoms with Gasteiger partial charge in [-0.25, -0.2) is 0 Å². The summed E-state index contributed by atoms with van der Waals surface area (Å²) in [5.41, 5.74) is 2.95. The largest absolute Gasteiger partial charge is 0.378 e. The molecule has 168 valence electrons. The van der Waals surface area contributed by atoms with Crippen molar-refractivity contribution < 1.29 is 9.53 Å². The second-order valence-electron chi connectivity index (χ2n) is 7.92. The van der Waals surface area contributed by atoms with Crippen LogP contribution in [0.25, 0.3) is 16.5 Å². The van der Waals surface area contributed by atoms with E-state index in [-0.39, 0.29) is 11.7 Å². The average Bonchev–Trinajstić information content (AvgIpc) is 3.28. The van der Waals surface area contributed by atoms with Gasteiger partial charge in [-0.05, 0) is 36.1 Å². The predicted octanol–water partition coefficient (Wildman–Crippen LogP) is 4.30. The smallest absolute Gasteiger partial charge is 0.234 e. The number of amides is 1. The Balaban J connectivity index is 1.37. The van der Waals surface area contributed by atoms with E-state index in [2.05, 4.69) is 39.5 Å². The summed E-state index contributed by atoms with van der Waals surface area (Å²) in [6.45, 7) is 4.91. The van der Waals surface area contributed by atoms with E-state index in [4.69, 9.17) is 4.74 Å². The monoisotopic (exact) mass is 459 g/mol. The van der Waals surface area contributed by atoms with E-state index in [1.165, 1.54) is 11.8 Å². The van der Waals surface area contributed by atoms with Gasteiger partial charge < -0.3 is 15.0 Å². The van der Waals surface area contributed by atoms with Gasteiger partial charge in [-0.3, -0.25) is 9.36 Å². The third-order valence-corrected chi connectivity index (χ3v) is 6.50. The number of thioether (sulfide) groups is 1. The van der Waals surface area contributed by atoms with Crippen molar-refractivity contribution in [1.29, 1.82) is 0 Å². The zero-order valence-corrected chi connectivity index (χ0v) is 19.2. The number of ether oxygens (including phenoxy) is 1. The zero-order chi connectivity index (χ0) is 22.6. The van der Waals surface area contributed by atoms with Crippen molar-refractivity contribution in [3.05, 3.63) is 72.3 Å². The van der Waals surface area contributed by atoms with Crippen LogP contribution in [0.2, 0.25) is 0 Å². The molecule has 0 spiro atoms. The second kappa shape index (κ2) is 9.64. The molecule has 1 N–H and O–H groups in total. The third kappa shape index (κ3) is 4.72. The third-order valence-electron chi connectivity index (χ3n) is 5.57. The van der Waals surface area contributed by atoms with Crippen LogP contribution in [0.15, 0.2) is 71.9 Å². The number of carbonyl (C=O) groups is 1. The SMILES string of the molecule is Cc1cccc(-n2c(SCC(=O)Nc3cccc4ccccc34)nnc2N2CCOCC2)c1. The van der Waals surface area contributed by atoms with E-state index in [1.54, 1.807) is 0 Å². The van der Waals surface area contributed by atoms with Crippen molar-refractivity contribution in [2.24, 2.45) is 0 Å². The number of fused-ring (bicyclic) bond motifs is 1. The van der Waals surface area contributed by atoms with Gasteiger partial charge in [0.2, 0.25) is 11.9 Å². The highest BCUT2D eigenvalue weighted by molar-refractivity contribution is 7.99. The van der Waals surface area contributed by atoms with Gasteiger partial charge in [0.1, 0.15) is 0 Å². The van der Waals surface area contributed by atoms with Crippen molar-refractivity contribution in [2.75, 3.05) is 42.3 Å². The fourth-order valence-corrected chi connectivity index (χ4v) is 4.71. The molecular formula is C25H25N5O2S. The molecule has 0 saturated carbocycles. The van der Waals surface area contributed by atoms with E-state index in [1.807, 2.05) is 59.2 Å². The Morgan fingerprint density at radius 1 is 1.03 bits per heavy atom. The van der Waals surface area contributed by atoms with Crippen LogP contribution < -0.4 is 10.2 Å². The van der Waals surface area contributed by atoms with Gasteiger partial charge >= 0.3 is 0 Å². The number of carbonyl (C=O) groups excluding carboxylic acids is 1. The first-order valence-corrected chi connectivity index (χ1v) is 11.9. The summed E-state index contributed by atoms with van der Waals surface area (Å²) in [5, 5.41) is 14.8. The molecule has 4 aromatic rings. The summed E-state index contributed by atoms with van der Waals surface area (Å²) in [6.07, 6.45) is 0. The van der Waals surface area contributed by atoms with Crippen molar-refractivity contribution >= 4 is 40.1 Å². The molecule has 1 saturated heterocycles. The second-order valence-corrected chi connectivity index (χ2v) is 8.86. The number of rotatable bonds is 6. The minimum atomic E-state index is -0.0805. The van der Waals surface area contributed by atoms with Crippen molar-refractivity contribution in [2.45, 2.75) is 12.1 Å². The number of hydrogen-bond acceptors (Lipinski definition) is 6. The van der Waals surface area contributed by atoms with Gasteiger partial charge in [-0.15, -0.1) is 10.2 Å². The topological polar surface area (TPSA) is 72.3 Å². The molecular weight excluding hydrogens is 434 g/mol. The number of hydrogen-bond donors (Lipinski definition) is 1. The lowest BCUT2D eigenvalue weighted by Crippen LogP contribution is -2.37. The molecule has 0 bridgehead atoms. The molecule has 5 rings (SSSR count). The first-order valence-electron chi connectivity index (χ1n) is 10.9. The number of aryl methyl sites for hydroxylation is 1. The molecule has 1 aromatic heterocycles. The quantitative estimate of drug-likeness (QED) is 0.434. The molecule has 2 heterocycles. The van der Waals surface area contributed by atoms with E-state index in [0.29, 0.717) is 18.4 Å². The highest BCUT2D eigenvalue weighted by Gasteiger charge is 2.22. The summed E-state index contributed by atoms with van der Waals surface area (Å²) in [7, 11) is 0. The molecule has 0 unspecified atom stereocenters. The summed E-state index contributed by atoms with van der Waals surface area (Å²) in [4.78, 5) is 15.0. The van der Waals surface area contributed by atoms with Gasteiger partial charge in [0.25, 0.3) is 0 Å². The van der Waals surface area contributed by atoms with Crippen LogP contribution in [0, 0.1) is 6.92 Å². The molecule has 1 amide bonds. The highest BCUT2D eigenvalue weighted by Crippen LogP contribution is 2.28. The lowest BCUT2D eigenvalue weighted by molar-refractivity contribution is -0.113. The number of aromatic nitrogens is 3.